The van der Waals surface area contributed by atoms with Gasteiger partial charge >= 0.3 is 0 Å². The first-order valence-corrected chi connectivity index (χ1v) is 8.83. The summed E-state index contributed by atoms with van der Waals surface area (Å²) in [6.45, 7) is 0. The summed E-state index contributed by atoms with van der Waals surface area (Å²) in [5.74, 6) is 1.53. The van der Waals surface area contributed by atoms with Gasteiger partial charge in [0.2, 0.25) is 0 Å². The summed E-state index contributed by atoms with van der Waals surface area (Å²) < 4.78 is 17.5. The van der Waals surface area contributed by atoms with Crippen molar-refractivity contribution in [3.63, 3.8) is 0 Å². The molecule has 0 saturated heterocycles. The van der Waals surface area contributed by atoms with E-state index in [9.17, 15) is 4.21 Å². The smallest absolute Gasteiger partial charge is 0.118 e. The number of benzene rings is 2. The van der Waals surface area contributed by atoms with Crippen LogP contribution in [0.15, 0.2) is 53.7 Å². The van der Waals surface area contributed by atoms with E-state index in [1.54, 1.807) is 19.2 Å². The molecule has 0 heterocycles. The van der Waals surface area contributed by atoms with E-state index in [1.165, 1.54) is 7.11 Å². The van der Waals surface area contributed by atoms with E-state index in [1.807, 2.05) is 36.4 Å². The van der Waals surface area contributed by atoms with E-state index in [0.29, 0.717) is 22.2 Å². The molecular weight excluding hydrogens is 334 g/mol. The van der Waals surface area contributed by atoms with Crippen LogP contribution < -0.4 is 4.74 Å². The molecule has 0 amide bonds. The molecule has 0 aromatic heterocycles. The maximum absolute atomic E-state index is 12.4. The summed E-state index contributed by atoms with van der Waals surface area (Å²) in [5.41, 5.74) is 2.47. The molecule has 4 nitrogen and oxygen atoms in total. The fourth-order valence-corrected chi connectivity index (χ4v) is 3.34. The number of halogens is 1. The van der Waals surface area contributed by atoms with Gasteiger partial charge in [-0.2, -0.15) is 0 Å². The van der Waals surface area contributed by atoms with E-state index < -0.39 is 10.8 Å². The molecule has 2 rings (SSSR count). The number of ether oxygens (including phenoxy) is 1. The lowest BCUT2D eigenvalue weighted by atomic mass is 10.1. The lowest BCUT2D eigenvalue weighted by Gasteiger charge is -2.07. The van der Waals surface area contributed by atoms with Crippen LogP contribution in [0, 0.1) is 0 Å². The Labute approximate surface area is 143 Å². The Kier molecular flexibility index (Phi) is 6.62. The van der Waals surface area contributed by atoms with Gasteiger partial charge in [-0.15, -0.1) is 0 Å². The number of nitrogens with zero attached hydrogens (tertiary/aromatic N) is 1. The van der Waals surface area contributed by atoms with Crippen molar-refractivity contribution >= 4 is 28.1 Å². The molecule has 6 heteroatoms. The molecule has 0 spiro atoms. The van der Waals surface area contributed by atoms with Gasteiger partial charge in [0.05, 0.1) is 18.6 Å². The van der Waals surface area contributed by atoms with Crippen LogP contribution in [0.2, 0.25) is 5.02 Å². The fourth-order valence-electron chi connectivity index (χ4n) is 2.03. The predicted octanol–water partition coefficient (Wildman–Crippen LogP) is 3.65. The third-order valence-corrected chi connectivity index (χ3v) is 4.67. The normalized spacial score (nSPS) is 12.7. The minimum atomic E-state index is -1.10. The summed E-state index contributed by atoms with van der Waals surface area (Å²) in [6.07, 6.45) is 0. The van der Waals surface area contributed by atoms with Gasteiger partial charge in [0.25, 0.3) is 0 Å². The zero-order chi connectivity index (χ0) is 16.7. The lowest BCUT2D eigenvalue weighted by Crippen LogP contribution is -2.14. The second-order valence-electron chi connectivity index (χ2n) is 4.80. The Morgan fingerprint density at radius 3 is 2.30 bits per heavy atom. The van der Waals surface area contributed by atoms with E-state index in [-0.39, 0.29) is 0 Å². The van der Waals surface area contributed by atoms with Crippen LogP contribution in [0.4, 0.5) is 0 Å². The average Bonchev–Trinajstić information content (AvgIpc) is 2.56. The highest BCUT2D eigenvalue weighted by Crippen LogP contribution is 2.14. The van der Waals surface area contributed by atoms with Crippen LogP contribution in [-0.2, 0) is 21.4 Å². The lowest BCUT2D eigenvalue weighted by molar-refractivity contribution is 0.213. The van der Waals surface area contributed by atoms with E-state index >= 15 is 0 Å². The van der Waals surface area contributed by atoms with Crippen LogP contribution in [0.3, 0.4) is 0 Å². The van der Waals surface area contributed by atoms with Crippen molar-refractivity contribution in [3.05, 3.63) is 64.7 Å². The van der Waals surface area contributed by atoms with Gasteiger partial charge in [0, 0.05) is 27.1 Å². The van der Waals surface area contributed by atoms with Gasteiger partial charge in [0.1, 0.15) is 12.9 Å². The zero-order valence-corrected chi connectivity index (χ0v) is 14.6. The van der Waals surface area contributed by atoms with Gasteiger partial charge in [-0.25, -0.2) is 0 Å². The van der Waals surface area contributed by atoms with E-state index in [4.69, 9.17) is 21.2 Å². The molecule has 2 aromatic rings. The predicted molar refractivity (Wildman–Crippen MR) is 94.7 cm³/mol. The van der Waals surface area contributed by atoms with E-state index in [0.717, 1.165) is 16.9 Å². The quantitative estimate of drug-likeness (QED) is 0.565. The van der Waals surface area contributed by atoms with Crippen LogP contribution in [-0.4, -0.2) is 29.9 Å². The first-order valence-electron chi connectivity index (χ1n) is 6.96. The third kappa shape index (κ3) is 5.37. The molecular formula is C17H18ClNO3S. The molecule has 0 aliphatic rings. The van der Waals surface area contributed by atoms with Gasteiger partial charge in [-0.3, -0.25) is 4.21 Å². The second kappa shape index (κ2) is 8.70. The molecule has 1 atom stereocenters. The van der Waals surface area contributed by atoms with Crippen LogP contribution in [0.1, 0.15) is 11.1 Å². The molecule has 0 fully saturated rings. The molecule has 0 N–H and O–H groups in total. The van der Waals surface area contributed by atoms with Gasteiger partial charge in [0.15, 0.2) is 0 Å². The Hall–Kier alpha value is -1.85. The number of methoxy groups -OCH3 is 1. The maximum Gasteiger partial charge on any atom is 0.118 e. The Balaban J connectivity index is 2.05. The standard InChI is InChI=1S/C17H18ClNO3S/c1-21-16-9-3-13(4-10-16)11-23(20)12-17(19-22-2)14-5-7-15(18)8-6-14/h3-10H,11-12H2,1-2H3. The monoisotopic (exact) mass is 351 g/mol. The summed E-state index contributed by atoms with van der Waals surface area (Å²) in [6, 6.07) is 14.8. The van der Waals surface area contributed by atoms with Crippen molar-refractivity contribution in [2.45, 2.75) is 5.75 Å². The number of hydrogen-bond donors (Lipinski definition) is 0. The summed E-state index contributed by atoms with van der Waals surface area (Å²) in [4.78, 5) is 4.87. The summed E-state index contributed by atoms with van der Waals surface area (Å²) in [5, 5.41) is 4.64. The van der Waals surface area contributed by atoms with Crippen LogP contribution in [0.5, 0.6) is 5.75 Å². The van der Waals surface area contributed by atoms with Crippen molar-refractivity contribution in [1.82, 2.24) is 0 Å². The van der Waals surface area contributed by atoms with Crippen LogP contribution in [0.25, 0.3) is 0 Å². The topological polar surface area (TPSA) is 47.9 Å². The maximum atomic E-state index is 12.4. The third-order valence-electron chi connectivity index (χ3n) is 3.16. The first-order chi connectivity index (χ1) is 11.1. The second-order valence-corrected chi connectivity index (χ2v) is 6.70. The van der Waals surface area contributed by atoms with Gasteiger partial charge in [-0.1, -0.05) is 41.0 Å². The van der Waals surface area contributed by atoms with Gasteiger partial charge < -0.3 is 9.57 Å². The van der Waals surface area contributed by atoms with Crippen molar-refractivity contribution in [1.29, 1.82) is 0 Å². The van der Waals surface area contributed by atoms with E-state index in [2.05, 4.69) is 5.16 Å². The molecule has 0 saturated carbocycles. The molecule has 0 bridgehead atoms. The highest BCUT2D eigenvalue weighted by molar-refractivity contribution is 7.85. The highest BCUT2D eigenvalue weighted by Gasteiger charge is 2.11. The molecule has 0 radical (unpaired) electrons. The molecule has 0 aliphatic heterocycles. The van der Waals surface area contributed by atoms with Crippen molar-refractivity contribution in [2.24, 2.45) is 5.16 Å². The average molecular weight is 352 g/mol. The van der Waals surface area contributed by atoms with Crippen LogP contribution >= 0.6 is 11.6 Å². The Bertz CT molecular complexity index is 684. The molecule has 2 aromatic carbocycles. The Morgan fingerprint density at radius 2 is 1.74 bits per heavy atom. The first kappa shape index (κ1) is 17.5. The molecule has 1 unspecified atom stereocenters. The molecule has 122 valence electrons. The minimum absolute atomic E-state index is 0.307. The summed E-state index contributed by atoms with van der Waals surface area (Å²) in [7, 11) is 1.99. The zero-order valence-electron chi connectivity index (χ0n) is 13.0. The SMILES string of the molecule is CON=C(CS(=O)Cc1ccc(OC)cc1)c1ccc(Cl)cc1. The van der Waals surface area contributed by atoms with Gasteiger partial charge in [-0.05, 0) is 29.8 Å². The number of oxime groups is 1. The number of hydrogen-bond acceptors (Lipinski definition) is 4. The summed E-state index contributed by atoms with van der Waals surface area (Å²) >= 11 is 5.89. The van der Waals surface area contributed by atoms with Crippen molar-refractivity contribution in [2.75, 3.05) is 20.0 Å². The Morgan fingerprint density at radius 1 is 1.09 bits per heavy atom. The van der Waals surface area contributed by atoms with Crippen molar-refractivity contribution in [3.8, 4) is 5.75 Å². The minimum Gasteiger partial charge on any atom is -0.497 e. The molecule has 23 heavy (non-hydrogen) atoms. The van der Waals surface area contributed by atoms with Crippen molar-refractivity contribution < 1.29 is 13.8 Å². The molecule has 0 aliphatic carbocycles. The number of rotatable bonds is 7. The fraction of sp³-hybridized carbons (Fsp3) is 0.235. The highest BCUT2D eigenvalue weighted by atomic mass is 35.5. The largest absolute Gasteiger partial charge is 0.497 e.